The number of carbonyl (C=O) groups excluding carboxylic acids is 1. The number of piperidine rings is 1. The van der Waals surface area contributed by atoms with Gasteiger partial charge in [0.1, 0.15) is 0 Å². The van der Waals surface area contributed by atoms with E-state index in [0.717, 1.165) is 9.26 Å². The van der Waals surface area contributed by atoms with Gasteiger partial charge in [0.15, 0.2) is 0 Å². The summed E-state index contributed by atoms with van der Waals surface area (Å²) in [6.07, 6.45) is 1.40. The predicted molar refractivity (Wildman–Crippen MR) is 94.7 cm³/mol. The molecule has 1 aromatic rings. The van der Waals surface area contributed by atoms with E-state index in [4.69, 9.17) is 0 Å². The van der Waals surface area contributed by atoms with Crippen molar-refractivity contribution in [3.05, 3.63) is 27.8 Å². The molecule has 0 aromatic heterocycles. The number of hydrogen-bond acceptors (Lipinski definition) is 3. The zero-order chi connectivity index (χ0) is 16.3. The largest absolute Gasteiger partial charge is 0.326 e. The zero-order valence-corrected chi connectivity index (χ0v) is 15.6. The van der Waals surface area contributed by atoms with Crippen LogP contribution in [0.4, 0.5) is 5.69 Å². The van der Waals surface area contributed by atoms with Gasteiger partial charge in [-0.2, -0.15) is 17.0 Å². The predicted octanol–water partition coefficient (Wildman–Crippen LogP) is 1.75. The molecule has 1 fully saturated rings. The lowest BCUT2D eigenvalue weighted by Gasteiger charge is -2.32. The number of nitrogens with one attached hydrogen (secondary N) is 1. The molecular formula is C14H20IN3O3S. The first-order chi connectivity index (χ1) is 10.3. The smallest absolute Gasteiger partial charge is 0.281 e. The summed E-state index contributed by atoms with van der Waals surface area (Å²) in [5, 5.41) is 2.86. The van der Waals surface area contributed by atoms with Crippen LogP contribution in [0.5, 0.6) is 0 Å². The molecule has 1 saturated heterocycles. The van der Waals surface area contributed by atoms with Gasteiger partial charge in [-0.05, 0) is 59.7 Å². The number of carbonyl (C=O) groups is 1. The third kappa shape index (κ3) is 4.18. The van der Waals surface area contributed by atoms with Crippen LogP contribution in [0.3, 0.4) is 0 Å². The van der Waals surface area contributed by atoms with Crippen molar-refractivity contribution >= 4 is 44.4 Å². The Morgan fingerprint density at radius 1 is 1.32 bits per heavy atom. The van der Waals surface area contributed by atoms with Crippen molar-refractivity contribution in [3.63, 3.8) is 0 Å². The van der Waals surface area contributed by atoms with Gasteiger partial charge in [-0.1, -0.05) is 0 Å². The molecule has 8 heteroatoms. The average Bonchev–Trinajstić information content (AvgIpc) is 2.49. The molecule has 1 heterocycles. The minimum Gasteiger partial charge on any atom is -0.326 e. The second-order valence-corrected chi connectivity index (χ2v) is 8.87. The molecule has 1 aromatic carbocycles. The summed E-state index contributed by atoms with van der Waals surface area (Å²) in [5.41, 5.74) is 0.734. The van der Waals surface area contributed by atoms with Gasteiger partial charge in [-0.3, -0.25) is 4.79 Å². The van der Waals surface area contributed by atoms with Crippen LogP contribution in [0, 0.1) is 9.49 Å². The first-order valence-electron chi connectivity index (χ1n) is 7.05. The van der Waals surface area contributed by atoms with Crippen LogP contribution in [-0.4, -0.2) is 50.1 Å². The molecular weight excluding hydrogens is 417 g/mol. The van der Waals surface area contributed by atoms with Gasteiger partial charge < -0.3 is 5.32 Å². The summed E-state index contributed by atoms with van der Waals surface area (Å²) < 4.78 is 28.0. The molecule has 1 unspecified atom stereocenters. The number of benzene rings is 1. The number of amides is 1. The van der Waals surface area contributed by atoms with E-state index in [-0.39, 0.29) is 18.4 Å². The van der Waals surface area contributed by atoms with Crippen LogP contribution in [0.2, 0.25) is 0 Å². The van der Waals surface area contributed by atoms with Crippen LogP contribution >= 0.6 is 22.6 Å². The van der Waals surface area contributed by atoms with E-state index >= 15 is 0 Å². The van der Waals surface area contributed by atoms with E-state index in [0.29, 0.717) is 19.4 Å². The van der Waals surface area contributed by atoms with Crippen molar-refractivity contribution in [1.82, 2.24) is 8.61 Å². The van der Waals surface area contributed by atoms with Gasteiger partial charge in [-0.15, -0.1) is 0 Å². The summed E-state index contributed by atoms with van der Waals surface area (Å²) >= 11 is 2.20. The highest BCUT2D eigenvalue weighted by atomic mass is 127. The standard InChI is InChI=1S/C14H20IN3O3S/c1-17(2)22(20,21)18-9-3-4-11(10-18)14(19)16-13-7-5-12(15)6-8-13/h5-8,11H,3-4,9-10H2,1-2H3,(H,16,19). The number of nitrogens with zero attached hydrogens (tertiary/aromatic N) is 2. The first-order valence-corrected chi connectivity index (χ1v) is 9.52. The lowest BCUT2D eigenvalue weighted by atomic mass is 9.99. The van der Waals surface area contributed by atoms with E-state index in [1.165, 1.54) is 22.7 Å². The Morgan fingerprint density at radius 2 is 1.95 bits per heavy atom. The monoisotopic (exact) mass is 437 g/mol. The number of halogens is 1. The lowest BCUT2D eigenvalue weighted by molar-refractivity contribution is -0.120. The minimum atomic E-state index is -3.46. The van der Waals surface area contributed by atoms with E-state index in [1.54, 1.807) is 0 Å². The molecule has 1 N–H and O–H groups in total. The second-order valence-electron chi connectivity index (χ2n) is 5.48. The maximum absolute atomic E-state index is 12.3. The number of anilines is 1. The quantitative estimate of drug-likeness (QED) is 0.730. The Balaban J connectivity index is 2.03. The van der Waals surface area contributed by atoms with Gasteiger partial charge in [0.05, 0.1) is 5.92 Å². The normalized spacial score (nSPS) is 20.1. The highest BCUT2D eigenvalue weighted by molar-refractivity contribution is 14.1. The molecule has 0 saturated carbocycles. The molecule has 22 heavy (non-hydrogen) atoms. The third-order valence-electron chi connectivity index (χ3n) is 3.65. The van der Waals surface area contributed by atoms with Gasteiger partial charge in [0, 0.05) is 36.4 Å². The Labute approximate surface area is 145 Å². The third-order valence-corrected chi connectivity index (χ3v) is 6.28. The van der Waals surface area contributed by atoms with Gasteiger partial charge in [-0.25, -0.2) is 0 Å². The summed E-state index contributed by atoms with van der Waals surface area (Å²) in [6.45, 7) is 0.699. The van der Waals surface area contributed by atoms with Crippen LogP contribution in [0.15, 0.2) is 24.3 Å². The van der Waals surface area contributed by atoms with E-state index in [1.807, 2.05) is 24.3 Å². The molecule has 1 atom stereocenters. The van der Waals surface area contributed by atoms with Crippen molar-refractivity contribution in [2.45, 2.75) is 12.8 Å². The van der Waals surface area contributed by atoms with Crippen LogP contribution in [0.25, 0.3) is 0 Å². The van der Waals surface area contributed by atoms with Crippen LogP contribution in [-0.2, 0) is 15.0 Å². The highest BCUT2D eigenvalue weighted by Gasteiger charge is 2.33. The van der Waals surface area contributed by atoms with Crippen molar-refractivity contribution < 1.29 is 13.2 Å². The van der Waals surface area contributed by atoms with Crippen molar-refractivity contribution in [1.29, 1.82) is 0 Å². The summed E-state index contributed by atoms with van der Waals surface area (Å²) in [5.74, 6) is -0.442. The molecule has 0 bridgehead atoms. The summed E-state index contributed by atoms with van der Waals surface area (Å²) in [6, 6.07) is 7.52. The summed E-state index contributed by atoms with van der Waals surface area (Å²) in [4.78, 5) is 12.3. The lowest BCUT2D eigenvalue weighted by Crippen LogP contribution is -2.47. The molecule has 1 amide bonds. The molecule has 6 nitrogen and oxygen atoms in total. The average molecular weight is 437 g/mol. The van der Waals surface area contributed by atoms with Crippen LogP contribution in [0.1, 0.15) is 12.8 Å². The molecule has 0 spiro atoms. The summed E-state index contributed by atoms with van der Waals surface area (Å²) in [7, 11) is -0.450. The molecule has 0 aliphatic carbocycles. The number of hydrogen-bond donors (Lipinski definition) is 1. The topological polar surface area (TPSA) is 69.7 Å². The van der Waals surface area contributed by atoms with Crippen molar-refractivity contribution in [3.8, 4) is 0 Å². The van der Waals surface area contributed by atoms with E-state index in [2.05, 4.69) is 27.9 Å². The van der Waals surface area contributed by atoms with Gasteiger partial charge in [0.25, 0.3) is 10.2 Å². The Hall–Kier alpha value is -0.710. The van der Waals surface area contributed by atoms with Gasteiger partial charge in [0.2, 0.25) is 5.91 Å². The SMILES string of the molecule is CN(C)S(=O)(=O)N1CCCC(C(=O)Nc2ccc(I)cc2)C1. The minimum absolute atomic E-state index is 0.125. The van der Waals surface area contributed by atoms with E-state index < -0.39 is 10.2 Å². The van der Waals surface area contributed by atoms with E-state index in [9.17, 15) is 13.2 Å². The zero-order valence-electron chi connectivity index (χ0n) is 12.6. The molecule has 1 aliphatic heterocycles. The maximum Gasteiger partial charge on any atom is 0.281 e. The fraction of sp³-hybridized carbons (Fsp3) is 0.500. The molecule has 122 valence electrons. The molecule has 2 rings (SSSR count). The van der Waals surface area contributed by atoms with Crippen molar-refractivity contribution in [2.24, 2.45) is 5.92 Å². The Kier molecular flexibility index (Phi) is 5.81. The highest BCUT2D eigenvalue weighted by Crippen LogP contribution is 2.22. The second kappa shape index (κ2) is 7.24. The maximum atomic E-state index is 12.3. The Morgan fingerprint density at radius 3 is 2.55 bits per heavy atom. The van der Waals surface area contributed by atoms with Crippen LogP contribution < -0.4 is 5.32 Å². The number of rotatable bonds is 4. The molecule has 1 aliphatic rings. The van der Waals surface area contributed by atoms with Crippen molar-refractivity contribution in [2.75, 3.05) is 32.5 Å². The fourth-order valence-corrected chi connectivity index (χ4v) is 3.92. The Bertz CT molecular complexity index is 631. The molecule has 0 radical (unpaired) electrons. The van der Waals surface area contributed by atoms with Gasteiger partial charge >= 0.3 is 0 Å². The fourth-order valence-electron chi connectivity index (χ4n) is 2.37. The first kappa shape index (κ1) is 17.6.